The highest BCUT2D eigenvalue weighted by molar-refractivity contribution is 5.97. The number of carbonyl (C=O) groups excluding carboxylic acids is 1. The molecule has 0 atom stereocenters. The second-order valence-electron chi connectivity index (χ2n) is 5.93. The summed E-state index contributed by atoms with van der Waals surface area (Å²) in [6.45, 7) is 4.41. The van der Waals surface area contributed by atoms with Crippen LogP contribution in [0.3, 0.4) is 0 Å². The number of rotatable bonds is 4. The van der Waals surface area contributed by atoms with E-state index in [4.69, 9.17) is 10.8 Å². The molecular formula is C15H20N2O3. The van der Waals surface area contributed by atoms with Crippen molar-refractivity contribution in [2.75, 3.05) is 11.4 Å². The minimum absolute atomic E-state index is 0.0466. The summed E-state index contributed by atoms with van der Waals surface area (Å²) < 4.78 is 0. The van der Waals surface area contributed by atoms with Gasteiger partial charge in [0.05, 0.1) is 5.56 Å². The van der Waals surface area contributed by atoms with Gasteiger partial charge in [0.1, 0.15) is 0 Å². The Hall–Kier alpha value is -1.88. The zero-order valence-electron chi connectivity index (χ0n) is 11.8. The molecule has 1 aromatic rings. The zero-order valence-corrected chi connectivity index (χ0v) is 11.8. The Morgan fingerprint density at radius 3 is 2.70 bits per heavy atom. The molecule has 0 bridgehead atoms. The van der Waals surface area contributed by atoms with Gasteiger partial charge in [-0.05, 0) is 50.5 Å². The molecule has 2 rings (SSSR count). The van der Waals surface area contributed by atoms with Gasteiger partial charge in [0.15, 0.2) is 0 Å². The van der Waals surface area contributed by atoms with Crippen LogP contribution in [0, 0.1) is 0 Å². The molecule has 1 aliphatic rings. The molecule has 0 radical (unpaired) electrons. The highest BCUT2D eigenvalue weighted by atomic mass is 16.4. The Morgan fingerprint density at radius 2 is 2.10 bits per heavy atom. The number of fused-ring (bicyclic) bond motifs is 1. The van der Waals surface area contributed by atoms with Crippen LogP contribution in [0.15, 0.2) is 18.2 Å². The summed E-state index contributed by atoms with van der Waals surface area (Å²) in [5.74, 6) is -0.896. The van der Waals surface area contributed by atoms with E-state index in [1.807, 2.05) is 13.8 Å². The maximum atomic E-state index is 12.2. The van der Waals surface area contributed by atoms with Gasteiger partial charge in [0.2, 0.25) is 5.91 Å². The van der Waals surface area contributed by atoms with E-state index < -0.39 is 5.97 Å². The third kappa shape index (κ3) is 3.17. The van der Waals surface area contributed by atoms with Crippen LogP contribution in [0.25, 0.3) is 0 Å². The maximum Gasteiger partial charge on any atom is 0.335 e. The minimum Gasteiger partial charge on any atom is -0.478 e. The molecule has 0 aliphatic carbocycles. The fourth-order valence-corrected chi connectivity index (χ4v) is 2.36. The van der Waals surface area contributed by atoms with Crippen molar-refractivity contribution in [1.29, 1.82) is 0 Å². The topological polar surface area (TPSA) is 83.6 Å². The van der Waals surface area contributed by atoms with E-state index in [9.17, 15) is 9.59 Å². The van der Waals surface area contributed by atoms with Crippen molar-refractivity contribution in [3.63, 3.8) is 0 Å². The highest BCUT2D eigenvalue weighted by Crippen LogP contribution is 2.29. The van der Waals surface area contributed by atoms with Crippen LogP contribution >= 0.6 is 0 Å². The number of nitrogens with two attached hydrogens (primary N) is 1. The van der Waals surface area contributed by atoms with Crippen LogP contribution in [-0.2, 0) is 11.2 Å². The number of aromatic carboxylic acids is 1. The van der Waals surface area contributed by atoms with Crippen LogP contribution in [0.4, 0.5) is 5.69 Å². The number of hydrogen-bond acceptors (Lipinski definition) is 3. The lowest BCUT2D eigenvalue weighted by atomic mass is 10.00. The van der Waals surface area contributed by atoms with Crippen molar-refractivity contribution in [2.24, 2.45) is 5.73 Å². The zero-order chi connectivity index (χ0) is 14.9. The van der Waals surface area contributed by atoms with Crippen molar-refractivity contribution in [3.05, 3.63) is 29.3 Å². The van der Waals surface area contributed by atoms with Gasteiger partial charge in [-0.2, -0.15) is 0 Å². The highest BCUT2D eigenvalue weighted by Gasteiger charge is 2.26. The maximum absolute atomic E-state index is 12.2. The largest absolute Gasteiger partial charge is 0.478 e. The van der Waals surface area contributed by atoms with Crippen molar-refractivity contribution >= 4 is 17.6 Å². The average Bonchev–Trinajstić information content (AvgIpc) is 2.77. The molecule has 5 heteroatoms. The summed E-state index contributed by atoms with van der Waals surface area (Å²) in [4.78, 5) is 24.9. The smallest absolute Gasteiger partial charge is 0.335 e. The lowest BCUT2D eigenvalue weighted by Gasteiger charge is -2.21. The molecule has 1 heterocycles. The molecular weight excluding hydrogens is 256 g/mol. The summed E-state index contributed by atoms with van der Waals surface area (Å²) >= 11 is 0. The number of amides is 1. The van der Waals surface area contributed by atoms with Crippen LogP contribution in [0.1, 0.15) is 42.6 Å². The van der Waals surface area contributed by atoms with Gasteiger partial charge >= 0.3 is 5.97 Å². The Kier molecular flexibility index (Phi) is 3.81. The van der Waals surface area contributed by atoms with Crippen molar-refractivity contribution < 1.29 is 14.7 Å². The fourth-order valence-electron chi connectivity index (χ4n) is 2.36. The van der Waals surface area contributed by atoms with Gasteiger partial charge in [-0.15, -0.1) is 0 Å². The first-order valence-corrected chi connectivity index (χ1v) is 6.73. The number of carboxylic acids is 1. The van der Waals surface area contributed by atoms with E-state index in [-0.39, 0.29) is 17.0 Å². The van der Waals surface area contributed by atoms with E-state index in [2.05, 4.69) is 0 Å². The van der Waals surface area contributed by atoms with Gasteiger partial charge < -0.3 is 15.7 Å². The Balaban J connectivity index is 2.12. The van der Waals surface area contributed by atoms with Gasteiger partial charge in [0, 0.05) is 24.2 Å². The van der Waals surface area contributed by atoms with Crippen molar-refractivity contribution in [3.8, 4) is 0 Å². The molecule has 0 saturated carbocycles. The molecule has 108 valence electrons. The second kappa shape index (κ2) is 5.25. The average molecular weight is 276 g/mol. The first-order chi connectivity index (χ1) is 9.28. The normalized spacial score (nSPS) is 14.2. The molecule has 1 aromatic carbocycles. The third-order valence-electron chi connectivity index (χ3n) is 3.51. The Bertz CT molecular complexity index is 547. The number of benzene rings is 1. The summed E-state index contributed by atoms with van der Waals surface area (Å²) in [5.41, 5.74) is 7.55. The van der Waals surface area contributed by atoms with E-state index >= 15 is 0 Å². The van der Waals surface area contributed by atoms with E-state index in [1.165, 1.54) is 0 Å². The fraction of sp³-hybridized carbons (Fsp3) is 0.467. The van der Waals surface area contributed by atoms with Gasteiger partial charge in [0.25, 0.3) is 0 Å². The molecule has 0 unspecified atom stereocenters. The van der Waals surface area contributed by atoms with Crippen LogP contribution in [0.5, 0.6) is 0 Å². The number of carbonyl (C=O) groups is 2. The third-order valence-corrected chi connectivity index (χ3v) is 3.51. The van der Waals surface area contributed by atoms with E-state index in [0.29, 0.717) is 25.8 Å². The number of carboxylic acid groups (broad SMARTS) is 1. The quantitative estimate of drug-likeness (QED) is 0.878. The molecule has 5 nitrogen and oxygen atoms in total. The van der Waals surface area contributed by atoms with E-state index in [1.54, 1.807) is 23.1 Å². The monoisotopic (exact) mass is 276 g/mol. The molecule has 0 aromatic heterocycles. The van der Waals surface area contributed by atoms with Crippen LogP contribution in [0.2, 0.25) is 0 Å². The summed E-state index contributed by atoms with van der Waals surface area (Å²) in [6.07, 6.45) is 1.74. The molecule has 0 spiro atoms. The van der Waals surface area contributed by atoms with Gasteiger partial charge in [-0.1, -0.05) is 0 Å². The van der Waals surface area contributed by atoms with Crippen molar-refractivity contribution in [2.45, 2.75) is 38.6 Å². The molecule has 1 amide bonds. The van der Waals surface area contributed by atoms with Crippen LogP contribution < -0.4 is 10.6 Å². The second-order valence-corrected chi connectivity index (χ2v) is 5.93. The predicted octanol–water partition coefficient (Wildman–Crippen LogP) is 1.79. The summed E-state index contributed by atoms with van der Waals surface area (Å²) in [5, 5.41) is 8.97. The molecule has 20 heavy (non-hydrogen) atoms. The molecule has 0 fully saturated rings. The standard InChI is InChI=1S/C15H20N2O3/c1-15(2,16)7-5-13(18)17-8-6-10-9-11(14(19)20)3-4-12(10)17/h3-4,9H,5-8,16H2,1-2H3,(H,19,20). The van der Waals surface area contributed by atoms with Crippen molar-refractivity contribution in [1.82, 2.24) is 0 Å². The summed E-state index contributed by atoms with van der Waals surface area (Å²) in [7, 11) is 0. The number of anilines is 1. The SMILES string of the molecule is CC(C)(N)CCC(=O)N1CCc2cc(C(=O)O)ccc21. The summed E-state index contributed by atoms with van der Waals surface area (Å²) in [6, 6.07) is 4.91. The number of hydrogen-bond donors (Lipinski definition) is 2. The number of nitrogens with zero attached hydrogens (tertiary/aromatic N) is 1. The predicted molar refractivity (Wildman–Crippen MR) is 77.0 cm³/mol. The molecule has 0 saturated heterocycles. The molecule has 1 aliphatic heterocycles. The first-order valence-electron chi connectivity index (χ1n) is 6.73. The Morgan fingerprint density at radius 1 is 1.40 bits per heavy atom. The lowest BCUT2D eigenvalue weighted by Crippen LogP contribution is -2.35. The van der Waals surface area contributed by atoms with Crippen LogP contribution in [-0.4, -0.2) is 29.1 Å². The molecule has 3 N–H and O–H groups in total. The van der Waals surface area contributed by atoms with E-state index in [0.717, 1.165) is 11.3 Å². The first kappa shape index (κ1) is 14.5. The lowest BCUT2D eigenvalue weighted by molar-refractivity contribution is -0.118. The Labute approximate surface area is 118 Å². The minimum atomic E-state index is -0.942. The van der Waals surface area contributed by atoms with Gasteiger partial charge in [-0.25, -0.2) is 4.79 Å². The van der Waals surface area contributed by atoms with Gasteiger partial charge in [-0.3, -0.25) is 4.79 Å².